The lowest BCUT2D eigenvalue weighted by molar-refractivity contribution is 0.0954. The Morgan fingerprint density at radius 2 is 1.90 bits per heavy atom. The summed E-state index contributed by atoms with van der Waals surface area (Å²) < 4.78 is 26.1. The normalized spacial score (nSPS) is 11.0. The molecule has 1 aromatic carbocycles. The minimum atomic E-state index is -3.55. The van der Waals surface area contributed by atoms with Gasteiger partial charge in [0, 0.05) is 31.7 Å². The number of sulfonamides is 1. The van der Waals surface area contributed by atoms with E-state index in [1.54, 1.807) is 26.0 Å². The van der Waals surface area contributed by atoms with E-state index in [-0.39, 0.29) is 23.2 Å². The first kappa shape index (κ1) is 19.9. The van der Waals surface area contributed by atoms with Gasteiger partial charge in [-0.3, -0.25) is 4.79 Å². The van der Waals surface area contributed by atoms with Crippen molar-refractivity contribution < 1.29 is 13.2 Å². The van der Waals surface area contributed by atoms with Gasteiger partial charge in [-0.25, -0.2) is 8.42 Å². The lowest BCUT2D eigenvalue weighted by Crippen LogP contribution is -2.31. The lowest BCUT2D eigenvalue weighted by Gasteiger charge is -2.18. The third-order valence-corrected chi connectivity index (χ3v) is 4.92. The Morgan fingerprint density at radius 3 is 2.43 bits per heavy atom. The Morgan fingerprint density at radius 1 is 1.29 bits per heavy atom. The highest BCUT2D eigenvalue weighted by Crippen LogP contribution is 2.16. The first-order chi connectivity index (χ1) is 9.47. The molecular weight excluding hydrogens is 314 g/mol. The lowest BCUT2D eigenvalue weighted by atomic mass is 10.2. The molecule has 1 amide bonds. The zero-order chi connectivity index (χ0) is 15.2. The predicted octanol–water partition coefficient (Wildman–Crippen LogP) is 0.827. The van der Waals surface area contributed by atoms with E-state index in [0.717, 1.165) is 0 Å². The first-order valence-electron chi connectivity index (χ1n) is 6.55. The van der Waals surface area contributed by atoms with Crippen LogP contribution in [0.15, 0.2) is 29.2 Å². The van der Waals surface area contributed by atoms with E-state index < -0.39 is 10.0 Å². The summed E-state index contributed by atoms with van der Waals surface area (Å²) in [5.74, 6) is -0.327. The van der Waals surface area contributed by atoms with Crippen molar-refractivity contribution in [1.82, 2.24) is 9.62 Å². The predicted molar refractivity (Wildman–Crippen MR) is 85.2 cm³/mol. The monoisotopic (exact) mass is 335 g/mol. The largest absolute Gasteiger partial charge is 0.351 e. The summed E-state index contributed by atoms with van der Waals surface area (Å²) in [6.07, 6.45) is 0. The van der Waals surface area contributed by atoms with Crippen LogP contribution in [0.2, 0.25) is 0 Å². The molecule has 1 aromatic rings. The van der Waals surface area contributed by atoms with Gasteiger partial charge < -0.3 is 11.1 Å². The van der Waals surface area contributed by atoms with Crippen molar-refractivity contribution in [2.45, 2.75) is 18.7 Å². The maximum atomic E-state index is 12.4. The van der Waals surface area contributed by atoms with E-state index in [2.05, 4.69) is 5.32 Å². The van der Waals surface area contributed by atoms with Crippen molar-refractivity contribution in [3.8, 4) is 0 Å². The number of hydrogen-bond donors (Lipinski definition) is 2. The van der Waals surface area contributed by atoms with E-state index >= 15 is 0 Å². The number of carbonyl (C=O) groups is 1. The second-order valence-electron chi connectivity index (χ2n) is 4.16. The fraction of sp³-hybridized carbons (Fsp3) is 0.462. The average Bonchev–Trinajstić information content (AvgIpc) is 2.46. The third kappa shape index (κ3) is 4.96. The molecule has 0 aliphatic rings. The standard InChI is InChI=1S/C13H21N3O3S.ClH/c1-3-16(4-2)20(18,19)12-7-5-6-11(10-12)13(17)15-9-8-14;/h5-7,10H,3-4,8-9,14H2,1-2H3,(H,15,17);1H. The summed E-state index contributed by atoms with van der Waals surface area (Å²) in [5.41, 5.74) is 5.62. The van der Waals surface area contributed by atoms with Crippen LogP contribution in [0.25, 0.3) is 0 Å². The van der Waals surface area contributed by atoms with Crippen molar-refractivity contribution >= 4 is 28.3 Å². The Kier molecular flexibility index (Phi) is 8.50. The third-order valence-electron chi connectivity index (χ3n) is 2.87. The number of halogens is 1. The smallest absolute Gasteiger partial charge is 0.251 e. The van der Waals surface area contributed by atoms with Crippen LogP contribution in [0.4, 0.5) is 0 Å². The molecule has 21 heavy (non-hydrogen) atoms. The van der Waals surface area contributed by atoms with Gasteiger partial charge in [-0.1, -0.05) is 19.9 Å². The molecule has 0 saturated heterocycles. The number of benzene rings is 1. The Labute approximate surface area is 132 Å². The second kappa shape index (κ2) is 8.99. The Hall–Kier alpha value is -1.15. The highest BCUT2D eigenvalue weighted by molar-refractivity contribution is 7.89. The van der Waals surface area contributed by atoms with Crippen LogP contribution >= 0.6 is 12.4 Å². The number of carbonyl (C=O) groups excluding carboxylic acids is 1. The number of nitrogens with one attached hydrogen (secondary N) is 1. The van der Waals surface area contributed by atoms with Crippen LogP contribution in [0, 0.1) is 0 Å². The maximum absolute atomic E-state index is 12.4. The molecule has 1 rings (SSSR count). The van der Waals surface area contributed by atoms with Crippen LogP contribution in [0.1, 0.15) is 24.2 Å². The van der Waals surface area contributed by atoms with Crippen LogP contribution in [0.3, 0.4) is 0 Å². The number of nitrogens with zero attached hydrogens (tertiary/aromatic N) is 1. The summed E-state index contributed by atoms with van der Waals surface area (Å²) in [6, 6.07) is 6.02. The van der Waals surface area contributed by atoms with Crippen molar-refractivity contribution in [1.29, 1.82) is 0 Å². The summed E-state index contributed by atoms with van der Waals surface area (Å²) >= 11 is 0. The molecule has 120 valence electrons. The summed E-state index contributed by atoms with van der Waals surface area (Å²) in [6.45, 7) is 5.03. The number of hydrogen-bond acceptors (Lipinski definition) is 4. The second-order valence-corrected chi connectivity index (χ2v) is 6.10. The van der Waals surface area contributed by atoms with Gasteiger partial charge in [0.05, 0.1) is 4.90 Å². The van der Waals surface area contributed by atoms with Gasteiger partial charge in [-0.15, -0.1) is 12.4 Å². The number of amides is 1. The molecule has 6 nitrogen and oxygen atoms in total. The van der Waals surface area contributed by atoms with Crippen LogP contribution in [-0.4, -0.2) is 44.8 Å². The molecular formula is C13H22ClN3O3S. The minimum Gasteiger partial charge on any atom is -0.351 e. The average molecular weight is 336 g/mol. The van der Waals surface area contributed by atoms with Gasteiger partial charge in [0.1, 0.15) is 0 Å². The highest BCUT2D eigenvalue weighted by Gasteiger charge is 2.22. The molecule has 0 aromatic heterocycles. The summed E-state index contributed by atoms with van der Waals surface area (Å²) in [4.78, 5) is 11.9. The molecule has 0 radical (unpaired) electrons. The highest BCUT2D eigenvalue weighted by atomic mass is 35.5. The first-order valence-corrected chi connectivity index (χ1v) is 7.99. The van der Waals surface area contributed by atoms with Crippen LogP contribution in [-0.2, 0) is 10.0 Å². The topological polar surface area (TPSA) is 92.5 Å². The Balaban J connectivity index is 0.00000400. The molecule has 0 unspecified atom stereocenters. The molecule has 0 fully saturated rings. The summed E-state index contributed by atoms with van der Waals surface area (Å²) in [5, 5.41) is 2.61. The molecule has 3 N–H and O–H groups in total. The molecule has 0 spiro atoms. The van der Waals surface area contributed by atoms with Gasteiger partial charge >= 0.3 is 0 Å². The van der Waals surface area contributed by atoms with E-state index in [4.69, 9.17) is 5.73 Å². The van der Waals surface area contributed by atoms with Gasteiger partial charge in [-0.2, -0.15) is 4.31 Å². The molecule has 0 heterocycles. The quantitative estimate of drug-likeness (QED) is 0.771. The molecule has 8 heteroatoms. The molecule has 0 aliphatic carbocycles. The van der Waals surface area contributed by atoms with Gasteiger partial charge in [0.2, 0.25) is 10.0 Å². The fourth-order valence-corrected chi connectivity index (χ4v) is 3.30. The van der Waals surface area contributed by atoms with Gasteiger partial charge in [0.25, 0.3) is 5.91 Å². The Bertz CT molecular complexity index is 560. The van der Waals surface area contributed by atoms with Gasteiger partial charge in [0.15, 0.2) is 0 Å². The van der Waals surface area contributed by atoms with Crippen molar-refractivity contribution in [2.75, 3.05) is 26.2 Å². The van der Waals surface area contributed by atoms with E-state index in [0.29, 0.717) is 31.7 Å². The summed E-state index contributed by atoms with van der Waals surface area (Å²) in [7, 11) is -3.55. The maximum Gasteiger partial charge on any atom is 0.251 e. The number of nitrogens with two attached hydrogens (primary N) is 1. The van der Waals surface area contributed by atoms with Crippen molar-refractivity contribution in [2.24, 2.45) is 5.73 Å². The van der Waals surface area contributed by atoms with Crippen molar-refractivity contribution in [3.05, 3.63) is 29.8 Å². The fourth-order valence-electron chi connectivity index (χ4n) is 1.80. The zero-order valence-corrected chi connectivity index (χ0v) is 13.8. The van der Waals surface area contributed by atoms with E-state index in [1.807, 2.05) is 0 Å². The van der Waals surface area contributed by atoms with Crippen molar-refractivity contribution in [3.63, 3.8) is 0 Å². The van der Waals surface area contributed by atoms with Crippen LogP contribution in [0.5, 0.6) is 0 Å². The number of rotatable bonds is 7. The zero-order valence-electron chi connectivity index (χ0n) is 12.2. The molecule has 0 bridgehead atoms. The van der Waals surface area contributed by atoms with Crippen LogP contribution < -0.4 is 11.1 Å². The molecule has 0 saturated carbocycles. The molecule has 0 atom stereocenters. The van der Waals surface area contributed by atoms with E-state index in [1.165, 1.54) is 16.4 Å². The van der Waals surface area contributed by atoms with E-state index in [9.17, 15) is 13.2 Å². The SMILES string of the molecule is CCN(CC)S(=O)(=O)c1cccc(C(=O)NCCN)c1.Cl. The van der Waals surface area contributed by atoms with Gasteiger partial charge in [-0.05, 0) is 18.2 Å². The molecule has 0 aliphatic heterocycles. The minimum absolute atomic E-state index is 0.